The van der Waals surface area contributed by atoms with Crippen molar-refractivity contribution in [3.8, 4) is 0 Å². The fourth-order valence-corrected chi connectivity index (χ4v) is 2.46. The summed E-state index contributed by atoms with van der Waals surface area (Å²) in [5, 5.41) is 0.540. The minimum absolute atomic E-state index is 0.0465. The summed E-state index contributed by atoms with van der Waals surface area (Å²) in [5.74, 6) is 0.663. The minimum Gasteiger partial charge on any atom is -0.469 e. The van der Waals surface area contributed by atoms with Crippen LogP contribution in [0.3, 0.4) is 0 Å². The third-order valence-corrected chi connectivity index (χ3v) is 3.75. The smallest absolute Gasteiger partial charge is 0.309 e. The third kappa shape index (κ3) is 5.26. The van der Waals surface area contributed by atoms with Crippen LogP contribution >= 0.6 is 11.8 Å². The minimum atomic E-state index is -0.109. The van der Waals surface area contributed by atoms with Gasteiger partial charge in [0.2, 0.25) is 0 Å². The molecule has 0 saturated carbocycles. The molecule has 0 radical (unpaired) electrons. The van der Waals surface area contributed by atoms with Crippen molar-refractivity contribution in [1.82, 2.24) is 0 Å². The standard InChI is InChI=1S/C14H20O2S/c1-11(2)17-10-13(14(15)16-3)9-12-7-5-4-6-8-12/h4-8,11,13H,9-10H2,1-3H3. The van der Waals surface area contributed by atoms with Crippen LogP contribution in [-0.2, 0) is 16.0 Å². The molecule has 1 rings (SSSR count). The Hall–Kier alpha value is -0.960. The second kappa shape index (κ2) is 7.38. The molecule has 3 heteroatoms. The fourth-order valence-electron chi connectivity index (χ4n) is 1.58. The molecule has 0 aliphatic rings. The topological polar surface area (TPSA) is 26.3 Å². The number of hydrogen-bond acceptors (Lipinski definition) is 3. The largest absolute Gasteiger partial charge is 0.469 e. The Balaban J connectivity index is 2.60. The summed E-state index contributed by atoms with van der Waals surface area (Å²) in [4.78, 5) is 11.7. The number of carbonyl (C=O) groups excluding carboxylic acids is 1. The van der Waals surface area contributed by atoms with E-state index < -0.39 is 0 Å². The highest BCUT2D eigenvalue weighted by atomic mass is 32.2. The molecular weight excluding hydrogens is 232 g/mol. The van der Waals surface area contributed by atoms with Crippen molar-refractivity contribution in [1.29, 1.82) is 0 Å². The maximum absolute atomic E-state index is 11.7. The van der Waals surface area contributed by atoms with E-state index in [2.05, 4.69) is 26.0 Å². The van der Waals surface area contributed by atoms with Crippen molar-refractivity contribution < 1.29 is 9.53 Å². The average molecular weight is 252 g/mol. The van der Waals surface area contributed by atoms with Gasteiger partial charge >= 0.3 is 5.97 Å². The van der Waals surface area contributed by atoms with Gasteiger partial charge in [-0.3, -0.25) is 4.79 Å². The fraction of sp³-hybridized carbons (Fsp3) is 0.500. The quantitative estimate of drug-likeness (QED) is 0.727. The van der Waals surface area contributed by atoms with Gasteiger partial charge in [0.25, 0.3) is 0 Å². The van der Waals surface area contributed by atoms with Crippen LogP contribution in [0.4, 0.5) is 0 Å². The Bertz CT molecular complexity index is 335. The number of rotatable bonds is 6. The van der Waals surface area contributed by atoms with E-state index in [0.717, 1.165) is 12.2 Å². The summed E-state index contributed by atoms with van der Waals surface area (Å²) >= 11 is 1.80. The van der Waals surface area contributed by atoms with Crippen molar-refractivity contribution in [3.05, 3.63) is 35.9 Å². The van der Waals surface area contributed by atoms with Crippen LogP contribution in [0.25, 0.3) is 0 Å². The average Bonchev–Trinajstić information content (AvgIpc) is 2.34. The molecule has 17 heavy (non-hydrogen) atoms. The lowest BCUT2D eigenvalue weighted by atomic mass is 10.0. The zero-order valence-corrected chi connectivity index (χ0v) is 11.5. The van der Waals surface area contributed by atoms with Crippen LogP contribution in [0, 0.1) is 5.92 Å². The van der Waals surface area contributed by atoms with Crippen LogP contribution in [0.2, 0.25) is 0 Å². The van der Waals surface area contributed by atoms with Gasteiger partial charge < -0.3 is 4.74 Å². The number of thioether (sulfide) groups is 1. The normalized spacial score (nSPS) is 12.5. The van der Waals surface area contributed by atoms with Gasteiger partial charge in [0, 0.05) is 5.75 Å². The van der Waals surface area contributed by atoms with E-state index in [9.17, 15) is 4.79 Å². The van der Waals surface area contributed by atoms with Crippen LogP contribution in [0.15, 0.2) is 30.3 Å². The number of carbonyl (C=O) groups is 1. The highest BCUT2D eigenvalue weighted by Gasteiger charge is 2.20. The number of ether oxygens (including phenoxy) is 1. The molecule has 2 nitrogen and oxygen atoms in total. The van der Waals surface area contributed by atoms with Crippen molar-refractivity contribution in [2.24, 2.45) is 5.92 Å². The number of hydrogen-bond donors (Lipinski definition) is 0. The zero-order chi connectivity index (χ0) is 12.7. The molecule has 0 N–H and O–H groups in total. The number of esters is 1. The summed E-state index contributed by atoms with van der Waals surface area (Å²) in [5.41, 5.74) is 1.19. The van der Waals surface area contributed by atoms with Gasteiger partial charge in [0.05, 0.1) is 13.0 Å². The molecule has 0 amide bonds. The summed E-state index contributed by atoms with van der Waals surface area (Å²) in [6.45, 7) is 4.28. The molecule has 0 spiro atoms. The van der Waals surface area contributed by atoms with E-state index >= 15 is 0 Å². The highest BCUT2D eigenvalue weighted by Crippen LogP contribution is 2.19. The molecule has 0 aliphatic carbocycles. The van der Waals surface area contributed by atoms with E-state index in [1.54, 1.807) is 11.8 Å². The molecular formula is C14H20O2S. The Morgan fingerprint density at radius 3 is 2.47 bits per heavy atom. The molecule has 0 fully saturated rings. The predicted octanol–water partition coefficient (Wildman–Crippen LogP) is 3.16. The van der Waals surface area contributed by atoms with Crippen LogP contribution < -0.4 is 0 Å². The van der Waals surface area contributed by atoms with Crippen molar-refractivity contribution in [2.75, 3.05) is 12.9 Å². The van der Waals surface area contributed by atoms with E-state index in [4.69, 9.17) is 4.74 Å². The Labute approximate surface area is 108 Å². The second-order valence-electron chi connectivity index (χ2n) is 4.29. The van der Waals surface area contributed by atoms with Crippen molar-refractivity contribution in [2.45, 2.75) is 25.5 Å². The van der Waals surface area contributed by atoms with Crippen LogP contribution in [0.1, 0.15) is 19.4 Å². The second-order valence-corrected chi connectivity index (χ2v) is 5.90. The molecule has 1 atom stereocenters. The summed E-state index contributed by atoms with van der Waals surface area (Å²) in [6.07, 6.45) is 0.757. The van der Waals surface area contributed by atoms with Gasteiger partial charge in [-0.25, -0.2) is 0 Å². The molecule has 1 aromatic carbocycles. The van der Waals surface area contributed by atoms with E-state index in [1.165, 1.54) is 12.7 Å². The van der Waals surface area contributed by atoms with E-state index in [0.29, 0.717) is 5.25 Å². The maximum Gasteiger partial charge on any atom is 0.309 e. The molecule has 0 bridgehead atoms. The molecule has 0 saturated heterocycles. The molecule has 1 aromatic rings. The van der Waals surface area contributed by atoms with Gasteiger partial charge in [-0.15, -0.1) is 0 Å². The number of benzene rings is 1. The molecule has 1 unspecified atom stereocenters. The lowest BCUT2D eigenvalue weighted by Gasteiger charge is -2.15. The third-order valence-electron chi connectivity index (χ3n) is 2.49. The summed E-state index contributed by atoms with van der Waals surface area (Å²) in [6, 6.07) is 10.1. The summed E-state index contributed by atoms with van der Waals surface area (Å²) in [7, 11) is 1.46. The lowest BCUT2D eigenvalue weighted by molar-refractivity contribution is -0.144. The molecule has 94 valence electrons. The van der Waals surface area contributed by atoms with Gasteiger partial charge in [0.1, 0.15) is 0 Å². The Kier molecular flexibility index (Phi) is 6.12. The maximum atomic E-state index is 11.7. The monoisotopic (exact) mass is 252 g/mol. The first-order chi connectivity index (χ1) is 8.13. The van der Waals surface area contributed by atoms with E-state index in [-0.39, 0.29) is 11.9 Å². The van der Waals surface area contributed by atoms with E-state index in [1.807, 2.05) is 18.2 Å². The van der Waals surface area contributed by atoms with Gasteiger partial charge in [0.15, 0.2) is 0 Å². The zero-order valence-electron chi connectivity index (χ0n) is 10.7. The first-order valence-electron chi connectivity index (χ1n) is 5.86. The molecule has 0 aliphatic heterocycles. The Morgan fingerprint density at radius 2 is 1.94 bits per heavy atom. The Morgan fingerprint density at radius 1 is 1.29 bits per heavy atom. The first-order valence-corrected chi connectivity index (χ1v) is 6.91. The first kappa shape index (κ1) is 14.1. The SMILES string of the molecule is COC(=O)C(CSC(C)C)Cc1ccccc1. The van der Waals surface area contributed by atoms with Crippen LogP contribution in [0.5, 0.6) is 0 Å². The molecule has 0 heterocycles. The highest BCUT2D eigenvalue weighted by molar-refractivity contribution is 7.99. The lowest BCUT2D eigenvalue weighted by Crippen LogP contribution is -2.21. The molecule has 0 aromatic heterocycles. The van der Waals surface area contributed by atoms with Gasteiger partial charge in [-0.2, -0.15) is 11.8 Å². The van der Waals surface area contributed by atoms with Gasteiger partial charge in [-0.05, 0) is 17.2 Å². The summed E-state index contributed by atoms with van der Waals surface area (Å²) < 4.78 is 4.86. The van der Waals surface area contributed by atoms with Crippen molar-refractivity contribution >= 4 is 17.7 Å². The van der Waals surface area contributed by atoms with Gasteiger partial charge in [-0.1, -0.05) is 44.2 Å². The van der Waals surface area contributed by atoms with Crippen molar-refractivity contribution in [3.63, 3.8) is 0 Å². The number of methoxy groups -OCH3 is 1. The van der Waals surface area contributed by atoms with Crippen LogP contribution in [-0.4, -0.2) is 24.1 Å². The predicted molar refractivity (Wildman–Crippen MR) is 73.2 cm³/mol.